The van der Waals surface area contributed by atoms with Gasteiger partial charge < -0.3 is 5.32 Å². The third kappa shape index (κ3) is 2.26. The van der Waals surface area contributed by atoms with Crippen LogP contribution in [0.2, 0.25) is 0 Å². The van der Waals surface area contributed by atoms with E-state index in [0.717, 1.165) is 52.3 Å². The first-order valence-electron chi connectivity index (χ1n) is 6.81. The Bertz CT molecular complexity index is 673. The average Bonchev–Trinajstić information content (AvgIpc) is 2.63. The van der Waals surface area contributed by atoms with Gasteiger partial charge in [-0.2, -0.15) is 5.10 Å². The SMILES string of the molecule is CCc1nn(C)c2c1C(c1cccc(Br)c1)=NCCN2. The second kappa shape index (κ2) is 5.40. The van der Waals surface area contributed by atoms with Crippen molar-refractivity contribution in [3.8, 4) is 0 Å². The van der Waals surface area contributed by atoms with Crippen molar-refractivity contribution < 1.29 is 0 Å². The summed E-state index contributed by atoms with van der Waals surface area (Å²) in [5.41, 5.74) is 4.41. The summed E-state index contributed by atoms with van der Waals surface area (Å²) in [4.78, 5) is 4.78. The topological polar surface area (TPSA) is 42.2 Å². The molecule has 20 heavy (non-hydrogen) atoms. The summed E-state index contributed by atoms with van der Waals surface area (Å²) in [7, 11) is 1.98. The third-order valence-corrected chi connectivity index (χ3v) is 3.96. The molecule has 5 heteroatoms. The van der Waals surface area contributed by atoms with E-state index in [0.29, 0.717) is 0 Å². The van der Waals surface area contributed by atoms with E-state index in [-0.39, 0.29) is 0 Å². The summed E-state index contributed by atoms with van der Waals surface area (Å²) < 4.78 is 2.99. The second-order valence-electron chi connectivity index (χ2n) is 4.81. The van der Waals surface area contributed by atoms with Crippen molar-refractivity contribution in [2.75, 3.05) is 18.4 Å². The summed E-state index contributed by atoms with van der Waals surface area (Å²) in [6.45, 7) is 3.75. The van der Waals surface area contributed by atoms with Gasteiger partial charge in [0.2, 0.25) is 0 Å². The van der Waals surface area contributed by atoms with Crippen LogP contribution in [-0.4, -0.2) is 28.6 Å². The fourth-order valence-electron chi connectivity index (χ4n) is 2.57. The Morgan fingerprint density at radius 2 is 2.25 bits per heavy atom. The van der Waals surface area contributed by atoms with E-state index in [9.17, 15) is 0 Å². The van der Waals surface area contributed by atoms with Gasteiger partial charge in [0.15, 0.2) is 0 Å². The quantitative estimate of drug-likeness (QED) is 0.918. The first-order chi connectivity index (χ1) is 9.70. The summed E-state index contributed by atoms with van der Waals surface area (Å²) in [6, 6.07) is 8.29. The van der Waals surface area contributed by atoms with E-state index in [2.05, 4.69) is 45.4 Å². The molecule has 4 nitrogen and oxygen atoms in total. The van der Waals surface area contributed by atoms with Crippen molar-refractivity contribution >= 4 is 27.5 Å². The predicted octanol–water partition coefficient (Wildman–Crippen LogP) is 3.01. The van der Waals surface area contributed by atoms with Gasteiger partial charge in [0, 0.05) is 23.6 Å². The number of aliphatic imine (C=N–C) groups is 1. The third-order valence-electron chi connectivity index (χ3n) is 3.46. The fraction of sp³-hybridized carbons (Fsp3) is 0.333. The molecule has 0 fully saturated rings. The molecule has 2 heterocycles. The van der Waals surface area contributed by atoms with E-state index in [4.69, 9.17) is 4.99 Å². The van der Waals surface area contributed by atoms with Gasteiger partial charge >= 0.3 is 0 Å². The van der Waals surface area contributed by atoms with E-state index < -0.39 is 0 Å². The number of benzene rings is 1. The van der Waals surface area contributed by atoms with Gasteiger partial charge in [0.05, 0.1) is 23.5 Å². The molecule has 104 valence electrons. The standard InChI is InChI=1S/C15H17BrN4/c1-3-12-13-14(10-5-4-6-11(16)9-10)17-7-8-18-15(13)20(2)19-12/h4-6,9,18H,3,7-8H2,1-2H3. The number of rotatable bonds is 2. The van der Waals surface area contributed by atoms with Crippen molar-refractivity contribution in [3.63, 3.8) is 0 Å². The van der Waals surface area contributed by atoms with Crippen LogP contribution in [0, 0.1) is 0 Å². The number of hydrogen-bond acceptors (Lipinski definition) is 3. The molecule has 0 unspecified atom stereocenters. The zero-order chi connectivity index (χ0) is 14.1. The average molecular weight is 333 g/mol. The molecule has 0 amide bonds. The predicted molar refractivity (Wildman–Crippen MR) is 85.7 cm³/mol. The highest BCUT2D eigenvalue weighted by molar-refractivity contribution is 9.10. The highest BCUT2D eigenvalue weighted by atomic mass is 79.9. The lowest BCUT2D eigenvalue weighted by atomic mass is 10.0. The molecule has 0 radical (unpaired) electrons. The molecule has 0 saturated carbocycles. The molecule has 0 bridgehead atoms. The van der Waals surface area contributed by atoms with Crippen LogP contribution in [0.15, 0.2) is 33.7 Å². The zero-order valence-corrected chi connectivity index (χ0v) is 13.2. The van der Waals surface area contributed by atoms with Gasteiger partial charge in [-0.1, -0.05) is 35.0 Å². The molecule has 0 spiro atoms. The van der Waals surface area contributed by atoms with Crippen LogP contribution < -0.4 is 5.32 Å². The minimum atomic E-state index is 0.777. The van der Waals surface area contributed by atoms with E-state index >= 15 is 0 Å². The van der Waals surface area contributed by atoms with Crippen LogP contribution in [0.5, 0.6) is 0 Å². The molecule has 2 aromatic rings. The van der Waals surface area contributed by atoms with Gasteiger partial charge in [0.25, 0.3) is 0 Å². The largest absolute Gasteiger partial charge is 0.368 e. The zero-order valence-electron chi connectivity index (χ0n) is 11.7. The molecule has 3 rings (SSSR count). The number of anilines is 1. The summed E-state index contributed by atoms with van der Waals surface area (Å²) in [5, 5.41) is 8.05. The Hall–Kier alpha value is -1.62. The van der Waals surface area contributed by atoms with E-state index in [1.165, 1.54) is 0 Å². The van der Waals surface area contributed by atoms with E-state index in [1.54, 1.807) is 0 Å². The van der Waals surface area contributed by atoms with Crippen LogP contribution in [0.4, 0.5) is 5.82 Å². The van der Waals surface area contributed by atoms with Crippen molar-refractivity contribution in [1.82, 2.24) is 9.78 Å². The molecular formula is C15H17BrN4. The summed E-state index contributed by atoms with van der Waals surface area (Å²) in [6.07, 6.45) is 0.901. The Morgan fingerprint density at radius 3 is 3.00 bits per heavy atom. The first-order valence-corrected chi connectivity index (χ1v) is 7.60. The highest BCUT2D eigenvalue weighted by Crippen LogP contribution is 2.26. The monoisotopic (exact) mass is 332 g/mol. The van der Waals surface area contributed by atoms with Crippen LogP contribution >= 0.6 is 15.9 Å². The minimum absolute atomic E-state index is 0.777. The number of nitrogens with one attached hydrogen (secondary N) is 1. The van der Waals surface area contributed by atoms with Crippen molar-refractivity contribution in [1.29, 1.82) is 0 Å². The molecule has 1 aliphatic heterocycles. The molecule has 1 aromatic heterocycles. The van der Waals surface area contributed by atoms with Gasteiger partial charge in [-0.3, -0.25) is 9.67 Å². The molecule has 0 aliphatic carbocycles. The van der Waals surface area contributed by atoms with Gasteiger partial charge in [-0.05, 0) is 18.6 Å². The highest BCUT2D eigenvalue weighted by Gasteiger charge is 2.22. The normalized spacial score (nSPS) is 14.2. The number of aromatic nitrogens is 2. The van der Waals surface area contributed by atoms with Crippen LogP contribution in [0.1, 0.15) is 23.7 Å². The summed E-state index contributed by atoms with van der Waals surface area (Å²) in [5.74, 6) is 1.07. The van der Waals surface area contributed by atoms with Crippen molar-refractivity contribution in [2.24, 2.45) is 12.0 Å². The minimum Gasteiger partial charge on any atom is -0.368 e. The Morgan fingerprint density at radius 1 is 1.40 bits per heavy atom. The fourth-order valence-corrected chi connectivity index (χ4v) is 2.97. The van der Waals surface area contributed by atoms with Crippen molar-refractivity contribution in [3.05, 3.63) is 45.6 Å². The van der Waals surface area contributed by atoms with Gasteiger partial charge in [0.1, 0.15) is 5.82 Å². The van der Waals surface area contributed by atoms with Gasteiger partial charge in [-0.15, -0.1) is 0 Å². The summed E-state index contributed by atoms with van der Waals surface area (Å²) >= 11 is 3.54. The Balaban J connectivity index is 2.20. The first kappa shape index (κ1) is 13.4. The molecule has 0 atom stereocenters. The lowest BCUT2D eigenvalue weighted by Crippen LogP contribution is -2.08. The van der Waals surface area contributed by atoms with Crippen LogP contribution in [-0.2, 0) is 13.5 Å². The smallest absolute Gasteiger partial charge is 0.133 e. The molecule has 1 aliphatic rings. The number of nitrogens with zero attached hydrogens (tertiary/aromatic N) is 3. The number of aryl methyl sites for hydroxylation is 2. The second-order valence-corrected chi connectivity index (χ2v) is 5.73. The Kier molecular flexibility index (Phi) is 3.61. The van der Waals surface area contributed by atoms with Crippen LogP contribution in [0.3, 0.4) is 0 Å². The molecule has 1 aromatic carbocycles. The maximum atomic E-state index is 4.78. The van der Waals surface area contributed by atoms with Gasteiger partial charge in [-0.25, -0.2) is 0 Å². The lowest BCUT2D eigenvalue weighted by molar-refractivity contribution is 0.747. The molecular weight excluding hydrogens is 316 g/mol. The maximum absolute atomic E-state index is 4.78. The number of hydrogen-bond donors (Lipinski definition) is 1. The lowest BCUT2D eigenvalue weighted by Gasteiger charge is -2.08. The van der Waals surface area contributed by atoms with Crippen LogP contribution in [0.25, 0.3) is 0 Å². The maximum Gasteiger partial charge on any atom is 0.133 e. The Labute approximate surface area is 127 Å². The molecule has 0 saturated heterocycles. The van der Waals surface area contributed by atoms with Crippen molar-refractivity contribution in [2.45, 2.75) is 13.3 Å². The van der Waals surface area contributed by atoms with E-state index in [1.807, 2.05) is 23.9 Å². The molecule has 1 N–H and O–H groups in total. The number of fused-ring (bicyclic) bond motifs is 1. The number of halogens is 1.